The molecule has 1 aromatic rings. The second kappa shape index (κ2) is 5.55. The number of nitrogens with one attached hydrogen (secondary N) is 1. The Kier molecular flexibility index (Phi) is 4.04. The molecule has 2 heterocycles. The molecule has 0 aromatic carbocycles. The van der Waals surface area contributed by atoms with Gasteiger partial charge in [-0.3, -0.25) is 14.8 Å². The van der Waals surface area contributed by atoms with Gasteiger partial charge in [-0.2, -0.15) is 0 Å². The number of hydrogen-bond donors (Lipinski definition) is 3. The minimum atomic E-state index is -0.440. The van der Waals surface area contributed by atoms with E-state index in [0.717, 1.165) is 11.6 Å². The van der Waals surface area contributed by atoms with Crippen LogP contribution in [0.5, 0.6) is 0 Å². The molecule has 1 aromatic heterocycles. The largest absolute Gasteiger partial charge is 0.368 e. The van der Waals surface area contributed by atoms with Crippen LogP contribution in [-0.4, -0.2) is 38.6 Å². The summed E-state index contributed by atoms with van der Waals surface area (Å²) in [6, 6.07) is 0. The summed E-state index contributed by atoms with van der Waals surface area (Å²) in [6.07, 6.45) is 1.11. The first-order valence-corrected chi connectivity index (χ1v) is 6.54. The number of thioether (sulfide) groups is 1. The van der Waals surface area contributed by atoms with E-state index in [1.807, 2.05) is 0 Å². The fourth-order valence-corrected chi connectivity index (χ4v) is 2.70. The molecule has 9 heteroatoms. The van der Waals surface area contributed by atoms with Crippen molar-refractivity contribution < 1.29 is 9.53 Å². The van der Waals surface area contributed by atoms with Gasteiger partial charge in [0.15, 0.2) is 5.16 Å². The normalized spacial score (nSPS) is 23.2. The molecular weight excluding hydrogens is 256 g/mol. The van der Waals surface area contributed by atoms with E-state index < -0.39 is 6.10 Å². The van der Waals surface area contributed by atoms with Gasteiger partial charge in [-0.05, 0) is 12.8 Å². The fraction of sp³-hybridized carbons (Fsp3) is 0.667. The lowest BCUT2D eigenvalue weighted by atomic mass is 10.2. The van der Waals surface area contributed by atoms with E-state index >= 15 is 0 Å². The van der Waals surface area contributed by atoms with Crippen molar-refractivity contribution in [3.8, 4) is 0 Å². The minimum Gasteiger partial charge on any atom is -0.368 e. The molecule has 2 rings (SSSR count). The predicted molar refractivity (Wildman–Crippen MR) is 66.4 cm³/mol. The summed E-state index contributed by atoms with van der Waals surface area (Å²) in [6.45, 7) is 0. The van der Waals surface area contributed by atoms with Crippen LogP contribution in [0.2, 0.25) is 0 Å². The summed E-state index contributed by atoms with van der Waals surface area (Å²) in [5, 5.41) is 8.45. The Hall–Kier alpha value is -1.32. The molecule has 0 spiro atoms. The molecule has 1 aliphatic heterocycles. The van der Waals surface area contributed by atoms with Crippen LogP contribution in [0.25, 0.3) is 0 Å². The Balaban J connectivity index is 1.82. The zero-order chi connectivity index (χ0) is 13.1. The predicted octanol–water partition coefficient (Wildman–Crippen LogP) is -0.973. The number of amides is 1. The molecule has 0 saturated carbocycles. The van der Waals surface area contributed by atoms with Crippen LogP contribution in [0.15, 0.2) is 5.16 Å². The maximum atomic E-state index is 11.3. The standard InChI is InChI=1S/C9H16N6O2S/c1-15-8(10)13-14-9(15)18-4-5-2-3-6(17-5)7(16)12-11/h5-6H,2-4,11H2,1H3,(H2,10,13)(H,12,16). The van der Waals surface area contributed by atoms with Crippen molar-refractivity contribution in [2.75, 3.05) is 11.5 Å². The van der Waals surface area contributed by atoms with Gasteiger partial charge in [0.25, 0.3) is 5.91 Å². The molecule has 0 radical (unpaired) electrons. The number of aromatic nitrogens is 3. The highest BCUT2D eigenvalue weighted by Crippen LogP contribution is 2.26. The van der Waals surface area contributed by atoms with Crippen molar-refractivity contribution in [1.29, 1.82) is 0 Å². The van der Waals surface area contributed by atoms with E-state index in [1.54, 1.807) is 11.6 Å². The topological polar surface area (TPSA) is 121 Å². The number of hydrogen-bond acceptors (Lipinski definition) is 7. The number of hydrazine groups is 1. The molecule has 0 bridgehead atoms. The highest BCUT2D eigenvalue weighted by atomic mass is 32.2. The van der Waals surface area contributed by atoms with Crippen LogP contribution < -0.4 is 17.0 Å². The van der Waals surface area contributed by atoms with Crippen molar-refractivity contribution in [3.63, 3.8) is 0 Å². The Bertz CT molecular complexity index is 437. The van der Waals surface area contributed by atoms with Gasteiger partial charge in [-0.1, -0.05) is 11.8 Å². The van der Waals surface area contributed by atoms with E-state index in [1.165, 1.54) is 11.8 Å². The Morgan fingerprint density at radius 3 is 3.00 bits per heavy atom. The van der Waals surface area contributed by atoms with Crippen molar-refractivity contribution in [1.82, 2.24) is 20.2 Å². The van der Waals surface area contributed by atoms with Gasteiger partial charge < -0.3 is 10.5 Å². The van der Waals surface area contributed by atoms with Crippen LogP contribution in [0.1, 0.15) is 12.8 Å². The number of nitrogens with zero attached hydrogens (tertiary/aromatic N) is 3. The van der Waals surface area contributed by atoms with Gasteiger partial charge in [-0.25, -0.2) is 5.84 Å². The molecular formula is C9H16N6O2S. The summed E-state index contributed by atoms with van der Waals surface area (Å²) in [5.74, 6) is 5.88. The summed E-state index contributed by atoms with van der Waals surface area (Å²) in [5.41, 5.74) is 7.68. The molecule has 0 aliphatic carbocycles. The van der Waals surface area contributed by atoms with Gasteiger partial charge in [0, 0.05) is 12.8 Å². The van der Waals surface area contributed by atoms with Gasteiger partial charge in [0.1, 0.15) is 6.10 Å². The minimum absolute atomic E-state index is 0.0234. The zero-order valence-corrected chi connectivity index (χ0v) is 10.8. The van der Waals surface area contributed by atoms with Crippen LogP contribution in [-0.2, 0) is 16.6 Å². The van der Waals surface area contributed by atoms with E-state index in [9.17, 15) is 4.79 Å². The maximum Gasteiger partial charge on any atom is 0.263 e. The van der Waals surface area contributed by atoms with E-state index in [-0.39, 0.29) is 12.0 Å². The van der Waals surface area contributed by atoms with Gasteiger partial charge >= 0.3 is 0 Å². The Labute approximate surface area is 108 Å². The highest BCUT2D eigenvalue weighted by molar-refractivity contribution is 7.99. The average Bonchev–Trinajstić information content (AvgIpc) is 2.96. The third kappa shape index (κ3) is 2.74. The Morgan fingerprint density at radius 1 is 1.61 bits per heavy atom. The summed E-state index contributed by atoms with van der Waals surface area (Å²) in [4.78, 5) is 11.3. The van der Waals surface area contributed by atoms with Gasteiger partial charge in [0.2, 0.25) is 5.95 Å². The zero-order valence-electron chi connectivity index (χ0n) is 10.00. The lowest BCUT2D eigenvalue weighted by Crippen LogP contribution is -2.39. The van der Waals surface area contributed by atoms with E-state index in [4.69, 9.17) is 16.3 Å². The number of carbonyl (C=O) groups excluding carboxylic acids is 1. The quantitative estimate of drug-likeness (QED) is 0.279. The lowest BCUT2D eigenvalue weighted by molar-refractivity contribution is -0.131. The number of rotatable bonds is 4. The molecule has 18 heavy (non-hydrogen) atoms. The van der Waals surface area contributed by atoms with Crippen LogP contribution in [0, 0.1) is 0 Å². The second-order valence-electron chi connectivity index (χ2n) is 4.04. The molecule has 100 valence electrons. The van der Waals surface area contributed by atoms with Crippen molar-refractivity contribution in [3.05, 3.63) is 0 Å². The monoisotopic (exact) mass is 272 g/mol. The van der Waals surface area contributed by atoms with Gasteiger partial charge in [0.05, 0.1) is 6.10 Å². The molecule has 1 amide bonds. The average molecular weight is 272 g/mol. The molecule has 2 unspecified atom stereocenters. The number of anilines is 1. The smallest absolute Gasteiger partial charge is 0.263 e. The number of ether oxygens (including phenoxy) is 1. The number of nitrogens with two attached hydrogens (primary N) is 2. The van der Waals surface area contributed by atoms with Crippen LogP contribution >= 0.6 is 11.8 Å². The first kappa shape index (κ1) is 13.1. The van der Waals surface area contributed by atoms with Gasteiger partial charge in [-0.15, -0.1) is 10.2 Å². The number of carbonyl (C=O) groups is 1. The number of nitrogen functional groups attached to an aromatic ring is 1. The molecule has 2 atom stereocenters. The molecule has 1 fully saturated rings. The van der Waals surface area contributed by atoms with E-state index in [0.29, 0.717) is 18.1 Å². The third-order valence-electron chi connectivity index (χ3n) is 2.81. The summed E-state index contributed by atoms with van der Waals surface area (Å²) in [7, 11) is 1.80. The van der Waals surface area contributed by atoms with Crippen LogP contribution in [0.4, 0.5) is 5.95 Å². The third-order valence-corrected chi connectivity index (χ3v) is 3.96. The van der Waals surface area contributed by atoms with Crippen molar-refractivity contribution >= 4 is 23.6 Å². The summed E-state index contributed by atoms with van der Waals surface area (Å²) < 4.78 is 7.29. The molecule has 8 nitrogen and oxygen atoms in total. The van der Waals surface area contributed by atoms with Crippen LogP contribution in [0.3, 0.4) is 0 Å². The molecule has 1 aliphatic rings. The second-order valence-corrected chi connectivity index (χ2v) is 5.03. The summed E-state index contributed by atoms with van der Waals surface area (Å²) >= 11 is 1.51. The van der Waals surface area contributed by atoms with Crippen molar-refractivity contribution in [2.45, 2.75) is 30.2 Å². The maximum absolute atomic E-state index is 11.3. The first-order chi connectivity index (χ1) is 8.61. The Morgan fingerprint density at radius 2 is 2.39 bits per heavy atom. The first-order valence-electron chi connectivity index (χ1n) is 5.55. The highest BCUT2D eigenvalue weighted by Gasteiger charge is 2.30. The van der Waals surface area contributed by atoms with Crippen molar-refractivity contribution in [2.24, 2.45) is 12.9 Å². The lowest BCUT2D eigenvalue weighted by Gasteiger charge is -2.11. The van der Waals surface area contributed by atoms with E-state index in [2.05, 4.69) is 15.6 Å². The molecule has 1 saturated heterocycles. The SMILES string of the molecule is Cn1c(N)nnc1SCC1CCC(C(=O)NN)O1. The fourth-order valence-electron chi connectivity index (χ4n) is 1.73. The molecule has 5 N–H and O–H groups in total.